The monoisotopic (exact) mass is 204 g/mol. The van der Waals surface area contributed by atoms with Gasteiger partial charge in [-0.25, -0.2) is 4.98 Å². The van der Waals surface area contributed by atoms with E-state index in [1.165, 1.54) is 0 Å². The number of nitrogens with one attached hydrogen (secondary N) is 1. The number of rotatable bonds is 3. The third-order valence-corrected chi connectivity index (χ3v) is 2.11. The molecule has 1 unspecified atom stereocenters. The van der Waals surface area contributed by atoms with Crippen LogP contribution in [-0.4, -0.2) is 20.4 Å². The fourth-order valence-corrected chi connectivity index (χ4v) is 1.37. The Hall–Kier alpha value is -1.95. The van der Waals surface area contributed by atoms with E-state index in [-0.39, 0.29) is 6.04 Å². The fourth-order valence-electron chi connectivity index (χ4n) is 1.37. The molecule has 1 atom stereocenters. The molecule has 6 nitrogen and oxygen atoms in total. The Morgan fingerprint density at radius 2 is 2.33 bits per heavy atom. The van der Waals surface area contributed by atoms with Gasteiger partial charge in [0.25, 0.3) is 0 Å². The third-order valence-electron chi connectivity index (χ3n) is 2.11. The molecule has 2 rings (SSSR count). The third kappa shape index (κ3) is 2.29. The summed E-state index contributed by atoms with van der Waals surface area (Å²) in [5.41, 5.74) is 13.3. The number of H-pyrrole nitrogens is 1. The molecule has 0 aliphatic heterocycles. The van der Waals surface area contributed by atoms with E-state index in [9.17, 15) is 0 Å². The fraction of sp³-hybridized carbons (Fsp3) is 0.222. The molecular weight excluding hydrogens is 192 g/mol. The summed E-state index contributed by atoms with van der Waals surface area (Å²) in [6.07, 6.45) is 3.95. The van der Waals surface area contributed by atoms with E-state index in [2.05, 4.69) is 20.4 Å². The Balaban J connectivity index is 2.09. The lowest BCUT2D eigenvalue weighted by molar-refractivity contribution is 0.691. The lowest BCUT2D eigenvalue weighted by Gasteiger charge is -2.07. The van der Waals surface area contributed by atoms with Crippen LogP contribution in [0.4, 0.5) is 5.82 Å². The number of aromatic nitrogens is 4. The number of nitrogens with zero attached hydrogens (tertiary/aromatic N) is 3. The molecule has 0 aliphatic carbocycles. The smallest absolute Gasteiger partial charge is 0.123 e. The summed E-state index contributed by atoms with van der Waals surface area (Å²) in [5, 5.41) is 10.2. The average Bonchev–Trinajstić information content (AvgIpc) is 2.70. The first-order chi connectivity index (χ1) is 7.25. The van der Waals surface area contributed by atoms with E-state index in [0.717, 1.165) is 11.3 Å². The summed E-state index contributed by atoms with van der Waals surface area (Å²) in [4.78, 5) is 3.91. The van der Waals surface area contributed by atoms with Crippen molar-refractivity contribution in [2.45, 2.75) is 12.5 Å². The molecule has 0 bridgehead atoms. The van der Waals surface area contributed by atoms with Crippen molar-refractivity contribution in [2.24, 2.45) is 5.73 Å². The van der Waals surface area contributed by atoms with Crippen LogP contribution in [0.2, 0.25) is 0 Å². The Bertz CT molecular complexity index is 424. The lowest BCUT2D eigenvalue weighted by atomic mass is 10.1. The summed E-state index contributed by atoms with van der Waals surface area (Å²) in [5.74, 6) is 0.500. The van der Waals surface area contributed by atoms with Crippen molar-refractivity contribution in [1.29, 1.82) is 0 Å². The van der Waals surface area contributed by atoms with Gasteiger partial charge in [-0.1, -0.05) is 0 Å². The van der Waals surface area contributed by atoms with Crippen molar-refractivity contribution in [3.05, 3.63) is 35.8 Å². The van der Waals surface area contributed by atoms with Gasteiger partial charge in [-0.15, -0.1) is 0 Å². The van der Waals surface area contributed by atoms with Gasteiger partial charge < -0.3 is 11.5 Å². The molecular formula is C9H12N6. The highest BCUT2D eigenvalue weighted by Gasteiger charge is 2.09. The standard InChI is InChI=1S/C9H12N6/c10-7(8-5-13-15-14-8)3-6-1-2-12-9(11)4-6/h1-2,4-5,7H,3,10H2,(H2,11,12)(H,13,14,15). The SMILES string of the molecule is Nc1cc(CC(N)c2cn[nH]n2)ccn1. The van der Waals surface area contributed by atoms with E-state index in [4.69, 9.17) is 11.5 Å². The maximum absolute atomic E-state index is 5.94. The van der Waals surface area contributed by atoms with Crippen LogP contribution in [-0.2, 0) is 6.42 Å². The van der Waals surface area contributed by atoms with Crippen LogP contribution < -0.4 is 11.5 Å². The van der Waals surface area contributed by atoms with E-state index >= 15 is 0 Å². The molecule has 0 amide bonds. The zero-order chi connectivity index (χ0) is 10.7. The van der Waals surface area contributed by atoms with E-state index < -0.39 is 0 Å². The second-order valence-electron chi connectivity index (χ2n) is 3.29. The van der Waals surface area contributed by atoms with Crippen LogP contribution in [0, 0.1) is 0 Å². The predicted molar refractivity (Wildman–Crippen MR) is 55.7 cm³/mol. The first-order valence-electron chi connectivity index (χ1n) is 4.57. The summed E-state index contributed by atoms with van der Waals surface area (Å²) in [7, 11) is 0. The Labute approximate surface area is 86.7 Å². The molecule has 2 aromatic heterocycles. The summed E-state index contributed by atoms with van der Waals surface area (Å²) >= 11 is 0. The van der Waals surface area contributed by atoms with Gasteiger partial charge in [0.1, 0.15) is 5.82 Å². The van der Waals surface area contributed by atoms with Crippen LogP contribution >= 0.6 is 0 Å². The number of nitrogen functional groups attached to an aromatic ring is 1. The number of anilines is 1. The number of aromatic amines is 1. The van der Waals surface area contributed by atoms with Crippen molar-refractivity contribution in [1.82, 2.24) is 20.4 Å². The molecule has 0 spiro atoms. The maximum Gasteiger partial charge on any atom is 0.123 e. The highest BCUT2D eigenvalue weighted by atomic mass is 15.3. The summed E-state index contributed by atoms with van der Waals surface area (Å²) in [6, 6.07) is 3.52. The molecule has 0 fully saturated rings. The molecule has 5 N–H and O–H groups in total. The molecule has 0 aliphatic rings. The second-order valence-corrected chi connectivity index (χ2v) is 3.29. The minimum absolute atomic E-state index is 0.175. The molecule has 0 aromatic carbocycles. The molecule has 2 aromatic rings. The average molecular weight is 204 g/mol. The molecule has 0 radical (unpaired) electrons. The van der Waals surface area contributed by atoms with E-state index in [1.54, 1.807) is 18.5 Å². The number of nitrogens with two attached hydrogens (primary N) is 2. The first kappa shape index (κ1) is 9.60. The van der Waals surface area contributed by atoms with Crippen LogP contribution in [0.1, 0.15) is 17.3 Å². The number of hydrogen-bond acceptors (Lipinski definition) is 5. The zero-order valence-corrected chi connectivity index (χ0v) is 8.09. The van der Waals surface area contributed by atoms with Gasteiger partial charge in [-0.3, -0.25) is 0 Å². The normalized spacial score (nSPS) is 12.6. The minimum atomic E-state index is -0.175. The van der Waals surface area contributed by atoms with E-state index in [1.807, 2.05) is 6.07 Å². The topological polar surface area (TPSA) is 106 Å². The molecule has 78 valence electrons. The lowest BCUT2D eigenvalue weighted by Crippen LogP contribution is -2.14. The van der Waals surface area contributed by atoms with Crippen molar-refractivity contribution in [3.8, 4) is 0 Å². The molecule has 6 heteroatoms. The second kappa shape index (κ2) is 4.05. The molecule has 0 saturated heterocycles. The van der Waals surface area contributed by atoms with Crippen LogP contribution in [0.3, 0.4) is 0 Å². The van der Waals surface area contributed by atoms with Gasteiger partial charge in [-0.05, 0) is 24.1 Å². The van der Waals surface area contributed by atoms with Gasteiger partial charge in [0.05, 0.1) is 17.9 Å². The Morgan fingerprint density at radius 1 is 1.47 bits per heavy atom. The van der Waals surface area contributed by atoms with Crippen LogP contribution in [0.5, 0.6) is 0 Å². The highest BCUT2D eigenvalue weighted by Crippen LogP contribution is 2.13. The number of hydrogen-bond donors (Lipinski definition) is 3. The van der Waals surface area contributed by atoms with Gasteiger partial charge in [-0.2, -0.15) is 15.4 Å². The van der Waals surface area contributed by atoms with Crippen molar-refractivity contribution < 1.29 is 0 Å². The molecule has 15 heavy (non-hydrogen) atoms. The van der Waals surface area contributed by atoms with Gasteiger partial charge in [0.15, 0.2) is 0 Å². The quantitative estimate of drug-likeness (QED) is 0.653. The van der Waals surface area contributed by atoms with Gasteiger partial charge in [0.2, 0.25) is 0 Å². The first-order valence-corrected chi connectivity index (χ1v) is 4.57. The predicted octanol–water partition coefficient (Wildman–Crippen LogP) is 0.0244. The minimum Gasteiger partial charge on any atom is -0.384 e. The van der Waals surface area contributed by atoms with Crippen molar-refractivity contribution in [3.63, 3.8) is 0 Å². The van der Waals surface area contributed by atoms with Crippen LogP contribution in [0.25, 0.3) is 0 Å². The Kier molecular flexibility index (Phi) is 2.59. The maximum atomic E-state index is 5.94. The van der Waals surface area contributed by atoms with Crippen LogP contribution in [0.15, 0.2) is 24.5 Å². The summed E-state index contributed by atoms with van der Waals surface area (Å²) < 4.78 is 0. The molecule has 2 heterocycles. The van der Waals surface area contributed by atoms with Crippen molar-refractivity contribution >= 4 is 5.82 Å². The van der Waals surface area contributed by atoms with Gasteiger partial charge in [0, 0.05) is 6.20 Å². The molecule has 0 saturated carbocycles. The Morgan fingerprint density at radius 3 is 3.00 bits per heavy atom. The highest BCUT2D eigenvalue weighted by molar-refractivity contribution is 5.32. The van der Waals surface area contributed by atoms with Crippen molar-refractivity contribution in [2.75, 3.05) is 5.73 Å². The largest absolute Gasteiger partial charge is 0.384 e. The van der Waals surface area contributed by atoms with Gasteiger partial charge >= 0.3 is 0 Å². The van der Waals surface area contributed by atoms with E-state index in [0.29, 0.717) is 12.2 Å². The summed E-state index contributed by atoms with van der Waals surface area (Å²) in [6.45, 7) is 0. The zero-order valence-electron chi connectivity index (χ0n) is 8.09. The number of pyridine rings is 1.